The van der Waals surface area contributed by atoms with E-state index in [0.29, 0.717) is 11.4 Å². The average Bonchev–Trinajstić information content (AvgIpc) is 2.84. The maximum atomic E-state index is 13.4. The highest BCUT2D eigenvalue weighted by atomic mass is 19.1. The molecule has 1 N–H and O–H groups in total. The molecule has 1 aliphatic heterocycles. The van der Waals surface area contributed by atoms with Crippen LogP contribution in [-0.2, 0) is 0 Å². The lowest BCUT2D eigenvalue weighted by molar-refractivity contribution is 0.237. The van der Waals surface area contributed by atoms with E-state index >= 15 is 0 Å². The number of aromatic hydroxyl groups is 1. The Kier molecular flexibility index (Phi) is 2.63. The van der Waals surface area contributed by atoms with E-state index in [1.54, 1.807) is 16.8 Å². The zero-order chi connectivity index (χ0) is 13.4. The molecule has 0 saturated heterocycles. The predicted octanol–water partition coefficient (Wildman–Crippen LogP) is 3.58. The molecule has 4 heteroatoms. The molecule has 1 unspecified atom stereocenters. The first kappa shape index (κ1) is 11.6. The maximum absolute atomic E-state index is 13.4. The number of hydrogen-bond donors (Lipinski definition) is 1. The molecule has 19 heavy (non-hydrogen) atoms. The monoisotopic (exact) mass is 257 g/mol. The van der Waals surface area contributed by atoms with Gasteiger partial charge in [0.1, 0.15) is 6.10 Å². The first-order chi connectivity index (χ1) is 9.19. The SMILES string of the molecule is C=Cn1ccc2c1OC(c1ccc(O)c(F)c1)C=C2. The second kappa shape index (κ2) is 4.31. The van der Waals surface area contributed by atoms with Gasteiger partial charge < -0.3 is 9.84 Å². The molecular formula is C15H12FNO2. The number of hydrogen-bond acceptors (Lipinski definition) is 2. The second-order valence-corrected chi connectivity index (χ2v) is 4.27. The summed E-state index contributed by atoms with van der Waals surface area (Å²) >= 11 is 0. The number of aromatic nitrogens is 1. The summed E-state index contributed by atoms with van der Waals surface area (Å²) in [4.78, 5) is 0. The fourth-order valence-electron chi connectivity index (χ4n) is 2.08. The van der Waals surface area contributed by atoms with Crippen molar-refractivity contribution in [3.8, 4) is 11.6 Å². The summed E-state index contributed by atoms with van der Waals surface area (Å²) in [6, 6.07) is 6.15. The molecule has 1 atom stereocenters. The number of halogens is 1. The van der Waals surface area contributed by atoms with Crippen LogP contribution in [0, 0.1) is 5.82 Å². The van der Waals surface area contributed by atoms with Gasteiger partial charge in [0, 0.05) is 18.0 Å². The highest BCUT2D eigenvalue weighted by Crippen LogP contribution is 2.34. The van der Waals surface area contributed by atoms with Crippen LogP contribution in [0.2, 0.25) is 0 Å². The zero-order valence-electron chi connectivity index (χ0n) is 10.1. The van der Waals surface area contributed by atoms with Gasteiger partial charge in [-0.05, 0) is 35.9 Å². The summed E-state index contributed by atoms with van der Waals surface area (Å²) < 4.78 is 21.0. The molecule has 2 heterocycles. The van der Waals surface area contributed by atoms with Gasteiger partial charge >= 0.3 is 0 Å². The minimum atomic E-state index is -0.653. The van der Waals surface area contributed by atoms with Gasteiger partial charge in [-0.3, -0.25) is 4.57 Å². The van der Waals surface area contributed by atoms with Crippen molar-refractivity contribution in [1.82, 2.24) is 4.57 Å². The standard InChI is InChI=1S/C15H12FNO2/c1-2-17-8-7-10-4-6-14(19-15(10)17)11-3-5-13(18)12(16)9-11/h2-9,14,18H,1H2. The van der Waals surface area contributed by atoms with Crippen LogP contribution in [0.5, 0.6) is 11.6 Å². The molecule has 0 radical (unpaired) electrons. The number of nitrogens with zero attached hydrogens (tertiary/aromatic N) is 1. The van der Waals surface area contributed by atoms with E-state index in [9.17, 15) is 9.50 Å². The van der Waals surface area contributed by atoms with Gasteiger partial charge in [-0.2, -0.15) is 0 Å². The summed E-state index contributed by atoms with van der Waals surface area (Å²) in [7, 11) is 0. The molecule has 0 aliphatic carbocycles. The number of phenolic OH excluding ortho intramolecular Hbond substituents is 1. The molecule has 0 fully saturated rings. The molecule has 3 nitrogen and oxygen atoms in total. The number of benzene rings is 1. The van der Waals surface area contributed by atoms with Crippen LogP contribution in [-0.4, -0.2) is 9.67 Å². The number of ether oxygens (including phenoxy) is 1. The zero-order valence-corrected chi connectivity index (χ0v) is 10.1. The molecule has 0 amide bonds. The molecule has 96 valence electrons. The van der Waals surface area contributed by atoms with Gasteiger partial charge in [0.15, 0.2) is 11.6 Å². The van der Waals surface area contributed by atoms with Crippen molar-refractivity contribution in [2.75, 3.05) is 0 Å². The Morgan fingerprint density at radius 3 is 2.95 bits per heavy atom. The van der Waals surface area contributed by atoms with Crippen molar-refractivity contribution < 1.29 is 14.2 Å². The second-order valence-electron chi connectivity index (χ2n) is 4.27. The van der Waals surface area contributed by atoms with Crippen LogP contribution in [0.3, 0.4) is 0 Å². The first-order valence-electron chi connectivity index (χ1n) is 5.85. The molecule has 3 rings (SSSR count). The Balaban J connectivity index is 1.96. The van der Waals surface area contributed by atoms with Gasteiger partial charge in [0.05, 0.1) is 0 Å². The summed E-state index contributed by atoms with van der Waals surface area (Å²) in [5, 5.41) is 9.20. The van der Waals surface area contributed by atoms with E-state index in [4.69, 9.17) is 4.74 Å². The van der Waals surface area contributed by atoms with E-state index in [1.165, 1.54) is 12.1 Å². The molecular weight excluding hydrogens is 245 g/mol. The Labute approximate surface area is 109 Å². The third-order valence-electron chi connectivity index (χ3n) is 3.08. The molecule has 2 aromatic rings. The lowest BCUT2D eigenvalue weighted by Crippen LogP contribution is -2.10. The maximum Gasteiger partial charge on any atom is 0.206 e. The molecule has 1 aromatic heterocycles. The predicted molar refractivity (Wildman–Crippen MR) is 71.3 cm³/mol. The van der Waals surface area contributed by atoms with Crippen molar-refractivity contribution in [2.24, 2.45) is 0 Å². The van der Waals surface area contributed by atoms with Gasteiger partial charge in [-0.15, -0.1) is 0 Å². The highest BCUT2D eigenvalue weighted by Gasteiger charge is 2.20. The lowest BCUT2D eigenvalue weighted by atomic mass is 10.1. The number of fused-ring (bicyclic) bond motifs is 1. The first-order valence-corrected chi connectivity index (χ1v) is 5.85. The van der Waals surface area contributed by atoms with E-state index in [2.05, 4.69) is 6.58 Å². The lowest BCUT2D eigenvalue weighted by Gasteiger charge is -2.21. The Morgan fingerprint density at radius 2 is 2.21 bits per heavy atom. The normalized spacial score (nSPS) is 16.8. The molecule has 1 aliphatic rings. The third-order valence-corrected chi connectivity index (χ3v) is 3.08. The van der Waals surface area contributed by atoms with Gasteiger partial charge in [-0.25, -0.2) is 4.39 Å². The summed E-state index contributed by atoms with van der Waals surface area (Å²) in [6.07, 6.45) is 6.89. The molecule has 1 aromatic carbocycles. The molecule has 0 saturated carbocycles. The summed E-state index contributed by atoms with van der Waals surface area (Å²) in [6.45, 7) is 3.70. The molecule has 0 spiro atoms. The highest BCUT2D eigenvalue weighted by molar-refractivity contribution is 5.61. The number of phenols is 1. The van der Waals surface area contributed by atoms with Crippen LogP contribution in [0.4, 0.5) is 4.39 Å². The minimum Gasteiger partial charge on any atom is -0.505 e. The average molecular weight is 257 g/mol. The van der Waals surface area contributed by atoms with Crippen molar-refractivity contribution in [2.45, 2.75) is 6.10 Å². The largest absolute Gasteiger partial charge is 0.505 e. The van der Waals surface area contributed by atoms with Gasteiger partial charge in [0.2, 0.25) is 5.88 Å². The quantitative estimate of drug-likeness (QED) is 0.892. The summed E-state index contributed by atoms with van der Waals surface area (Å²) in [5.41, 5.74) is 1.60. The fourth-order valence-corrected chi connectivity index (χ4v) is 2.08. The fraction of sp³-hybridized carbons (Fsp3) is 0.0667. The van der Waals surface area contributed by atoms with Crippen LogP contribution in [0.15, 0.2) is 43.1 Å². The Morgan fingerprint density at radius 1 is 1.37 bits per heavy atom. The van der Waals surface area contributed by atoms with Crippen molar-refractivity contribution in [3.05, 3.63) is 60.1 Å². The number of rotatable bonds is 2. The smallest absolute Gasteiger partial charge is 0.206 e. The van der Waals surface area contributed by atoms with E-state index in [-0.39, 0.29) is 11.9 Å². The van der Waals surface area contributed by atoms with Gasteiger partial charge in [0.25, 0.3) is 0 Å². The molecule has 0 bridgehead atoms. The Bertz CT molecular complexity index is 673. The summed E-state index contributed by atoms with van der Waals surface area (Å²) in [5.74, 6) is -0.339. The van der Waals surface area contributed by atoms with Crippen LogP contribution >= 0.6 is 0 Å². The van der Waals surface area contributed by atoms with E-state index in [0.717, 1.165) is 5.56 Å². The van der Waals surface area contributed by atoms with Crippen molar-refractivity contribution in [1.29, 1.82) is 0 Å². The van der Waals surface area contributed by atoms with Crippen molar-refractivity contribution >= 4 is 12.3 Å². The van der Waals surface area contributed by atoms with Crippen LogP contribution < -0.4 is 4.74 Å². The van der Waals surface area contributed by atoms with E-state index in [1.807, 2.05) is 24.4 Å². The Hall–Kier alpha value is -2.49. The topological polar surface area (TPSA) is 34.4 Å². The van der Waals surface area contributed by atoms with Gasteiger partial charge in [-0.1, -0.05) is 12.6 Å². The third kappa shape index (κ3) is 1.91. The minimum absolute atomic E-state index is 0.362. The van der Waals surface area contributed by atoms with Crippen LogP contribution in [0.1, 0.15) is 17.2 Å². The van der Waals surface area contributed by atoms with Crippen LogP contribution in [0.25, 0.3) is 12.3 Å². The van der Waals surface area contributed by atoms with E-state index < -0.39 is 5.82 Å². The van der Waals surface area contributed by atoms with Crippen molar-refractivity contribution in [3.63, 3.8) is 0 Å².